The van der Waals surface area contributed by atoms with E-state index in [1.807, 2.05) is 0 Å². The van der Waals surface area contributed by atoms with E-state index in [4.69, 9.17) is 0 Å². The van der Waals surface area contributed by atoms with Gasteiger partial charge in [0, 0.05) is 18.9 Å². The van der Waals surface area contributed by atoms with Crippen molar-refractivity contribution in [2.75, 3.05) is 19.6 Å². The fraction of sp³-hybridized carbons (Fsp3) is 0.941. The lowest BCUT2D eigenvalue weighted by Crippen LogP contribution is -2.45. The molecule has 3 atom stereocenters. The maximum atomic E-state index is 12.2. The number of likely N-dealkylation sites (tertiary alicyclic amines) is 1. The van der Waals surface area contributed by atoms with Crippen LogP contribution >= 0.6 is 0 Å². The highest BCUT2D eigenvalue weighted by Crippen LogP contribution is 2.36. The Morgan fingerprint density at radius 3 is 2.42 bits per heavy atom. The number of hydrogen-bond donors (Lipinski definition) is 0. The highest BCUT2D eigenvalue weighted by atomic mass is 16.1. The van der Waals surface area contributed by atoms with Crippen molar-refractivity contribution in [1.29, 1.82) is 0 Å². The minimum atomic E-state index is 0.308. The van der Waals surface area contributed by atoms with E-state index in [1.165, 1.54) is 38.8 Å². The third-order valence-electron chi connectivity index (χ3n) is 5.80. The molecule has 2 aliphatic rings. The Morgan fingerprint density at radius 1 is 1.26 bits per heavy atom. The molecule has 2 heteroatoms. The van der Waals surface area contributed by atoms with Crippen molar-refractivity contribution in [3.63, 3.8) is 0 Å². The van der Waals surface area contributed by atoms with Gasteiger partial charge in [0.05, 0.1) is 0 Å². The normalized spacial score (nSPS) is 36.4. The second kappa shape index (κ2) is 5.95. The summed E-state index contributed by atoms with van der Waals surface area (Å²) in [5, 5.41) is 0. The zero-order valence-electron chi connectivity index (χ0n) is 13.2. The molecular formula is C17H31NO. The Labute approximate surface area is 118 Å². The molecule has 1 aliphatic heterocycles. The Balaban J connectivity index is 1.87. The molecule has 1 saturated carbocycles. The minimum Gasteiger partial charge on any atom is -0.303 e. The van der Waals surface area contributed by atoms with E-state index in [2.05, 4.69) is 32.6 Å². The van der Waals surface area contributed by atoms with E-state index >= 15 is 0 Å². The summed E-state index contributed by atoms with van der Waals surface area (Å²) in [4.78, 5) is 14.8. The smallest absolute Gasteiger partial charge is 0.137 e. The number of nitrogens with zero attached hydrogens (tertiary/aromatic N) is 1. The molecule has 0 N–H and O–H groups in total. The first-order valence-corrected chi connectivity index (χ1v) is 8.18. The van der Waals surface area contributed by atoms with Crippen LogP contribution in [0.25, 0.3) is 0 Å². The summed E-state index contributed by atoms with van der Waals surface area (Å²) >= 11 is 0. The molecule has 3 unspecified atom stereocenters. The lowest BCUT2D eigenvalue weighted by atomic mass is 9.73. The van der Waals surface area contributed by atoms with Crippen LogP contribution in [0.4, 0.5) is 0 Å². The first-order chi connectivity index (χ1) is 8.93. The molecule has 2 nitrogen and oxygen atoms in total. The van der Waals surface area contributed by atoms with Gasteiger partial charge in [-0.15, -0.1) is 0 Å². The van der Waals surface area contributed by atoms with Crippen molar-refractivity contribution in [2.45, 2.75) is 59.8 Å². The van der Waals surface area contributed by atoms with Crippen molar-refractivity contribution in [3.8, 4) is 0 Å². The summed E-state index contributed by atoms with van der Waals surface area (Å²) < 4.78 is 0. The van der Waals surface area contributed by atoms with Gasteiger partial charge in [0.15, 0.2) is 0 Å². The summed E-state index contributed by atoms with van der Waals surface area (Å²) in [7, 11) is 0. The lowest BCUT2D eigenvalue weighted by Gasteiger charge is -2.41. The fourth-order valence-electron chi connectivity index (χ4n) is 3.88. The first kappa shape index (κ1) is 15.0. The Bertz CT molecular complexity index is 317. The molecule has 19 heavy (non-hydrogen) atoms. The lowest BCUT2D eigenvalue weighted by molar-refractivity contribution is -0.129. The second-order valence-corrected chi connectivity index (χ2v) is 7.56. The van der Waals surface area contributed by atoms with Gasteiger partial charge in [-0.05, 0) is 49.6 Å². The Kier molecular flexibility index (Phi) is 4.70. The molecule has 0 amide bonds. The van der Waals surface area contributed by atoms with Gasteiger partial charge in [0.2, 0.25) is 0 Å². The quantitative estimate of drug-likeness (QED) is 0.774. The molecule has 110 valence electrons. The monoisotopic (exact) mass is 265 g/mol. The highest BCUT2D eigenvalue weighted by molar-refractivity contribution is 5.82. The molecule has 0 aromatic heterocycles. The van der Waals surface area contributed by atoms with Crippen LogP contribution in [-0.4, -0.2) is 30.3 Å². The van der Waals surface area contributed by atoms with E-state index in [0.29, 0.717) is 29.0 Å². The second-order valence-electron chi connectivity index (χ2n) is 7.56. The molecule has 1 aliphatic carbocycles. The van der Waals surface area contributed by atoms with Crippen molar-refractivity contribution < 1.29 is 4.79 Å². The van der Waals surface area contributed by atoms with E-state index in [9.17, 15) is 4.79 Å². The zero-order valence-corrected chi connectivity index (χ0v) is 13.2. The van der Waals surface area contributed by atoms with Crippen molar-refractivity contribution in [3.05, 3.63) is 0 Å². The summed E-state index contributed by atoms with van der Waals surface area (Å²) in [6, 6.07) is 0. The summed E-state index contributed by atoms with van der Waals surface area (Å²) in [6.45, 7) is 12.6. The van der Waals surface area contributed by atoms with Gasteiger partial charge in [-0.1, -0.05) is 34.1 Å². The van der Waals surface area contributed by atoms with Crippen molar-refractivity contribution >= 4 is 5.78 Å². The van der Waals surface area contributed by atoms with Crippen LogP contribution in [0, 0.1) is 23.2 Å². The molecule has 2 fully saturated rings. The number of carbonyl (C=O) groups is 1. The van der Waals surface area contributed by atoms with Gasteiger partial charge < -0.3 is 4.90 Å². The molecule has 0 spiro atoms. The Morgan fingerprint density at radius 2 is 1.89 bits per heavy atom. The number of carbonyl (C=O) groups excluding carboxylic acids is 1. The van der Waals surface area contributed by atoms with Crippen LogP contribution in [0.2, 0.25) is 0 Å². The van der Waals surface area contributed by atoms with Gasteiger partial charge in [0.25, 0.3) is 0 Å². The van der Waals surface area contributed by atoms with Crippen LogP contribution in [0.5, 0.6) is 0 Å². The van der Waals surface area contributed by atoms with Gasteiger partial charge in [-0.2, -0.15) is 0 Å². The zero-order chi connectivity index (χ0) is 14.0. The standard InChI is InChI=1S/C17H31NO/c1-5-17(4)6-8-18(9-7-17)12-15-14(3)10-13(2)11-16(15)19/h13-15H,5-12H2,1-4H3. The molecule has 2 rings (SSSR count). The third-order valence-corrected chi connectivity index (χ3v) is 5.80. The largest absolute Gasteiger partial charge is 0.303 e. The van der Waals surface area contributed by atoms with E-state index in [-0.39, 0.29) is 0 Å². The number of hydrogen-bond acceptors (Lipinski definition) is 2. The van der Waals surface area contributed by atoms with Crippen LogP contribution in [0.1, 0.15) is 59.8 Å². The maximum Gasteiger partial charge on any atom is 0.137 e. The van der Waals surface area contributed by atoms with Crippen LogP contribution in [-0.2, 0) is 4.79 Å². The third kappa shape index (κ3) is 3.59. The van der Waals surface area contributed by atoms with Gasteiger partial charge >= 0.3 is 0 Å². The van der Waals surface area contributed by atoms with Gasteiger partial charge in [-0.3, -0.25) is 4.79 Å². The van der Waals surface area contributed by atoms with E-state index in [0.717, 1.165) is 13.0 Å². The average Bonchev–Trinajstić information content (AvgIpc) is 2.36. The summed E-state index contributed by atoms with van der Waals surface area (Å²) in [6.07, 6.45) is 5.94. The molecule has 0 bridgehead atoms. The summed E-state index contributed by atoms with van der Waals surface area (Å²) in [5.41, 5.74) is 0.549. The SMILES string of the molecule is CCC1(C)CCN(CC2C(=O)CC(C)CC2C)CC1. The molecule has 0 aromatic carbocycles. The topological polar surface area (TPSA) is 20.3 Å². The maximum absolute atomic E-state index is 12.2. The van der Waals surface area contributed by atoms with Crippen molar-refractivity contribution in [2.24, 2.45) is 23.2 Å². The van der Waals surface area contributed by atoms with Crippen LogP contribution < -0.4 is 0 Å². The van der Waals surface area contributed by atoms with Crippen LogP contribution in [0.15, 0.2) is 0 Å². The number of rotatable bonds is 3. The number of piperidine rings is 1. The van der Waals surface area contributed by atoms with Crippen molar-refractivity contribution in [1.82, 2.24) is 4.90 Å². The van der Waals surface area contributed by atoms with Gasteiger partial charge in [-0.25, -0.2) is 0 Å². The van der Waals surface area contributed by atoms with E-state index in [1.54, 1.807) is 0 Å². The number of ketones is 1. The predicted octanol–water partition coefficient (Wildman–Crippen LogP) is 3.75. The fourth-order valence-corrected chi connectivity index (χ4v) is 3.88. The average molecular weight is 265 g/mol. The molecular weight excluding hydrogens is 234 g/mol. The minimum absolute atomic E-state index is 0.308. The predicted molar refractivity (Wildman–Crippen MR) is 80.1 cm³/mol. The molecule has 1 saturated heterocycles. The summed E-state index contributed by atoms with van der Waals surface area (Å²) in [5.74, 6) is 2.01. The molecule has 0 radical (unpaired) electrons. The molecule has 1 heterocycles. The van der Waals surface area contributed by atoms with Gasteiger partial charge in [0.1, 0.15) is 5.78 Å². The van der Waals surface area contributed by atoms with Crippen LogP contribution in [0.3, 0.4) is 0 Å². The van der Waals surface area contributed by atoms with E-state index < -0.39 is 0 Å². The highest BCUT2D eigenvalue weighted by Gasteiger charge is 2.35. The number of Topliss-reactive ketones (excluding diaryl/α,β-unsaturated/α-hetero) is 1. The Hall–Kier alpha value is -0.370. The molecule has 0 aromatic rings. The first-order valence-electron chi connectivity index (χ1n) is 8.18.